The molecule has 0 spiro atoms. The molecule has 0 radical (unpaired) electrons. The number of aliphatic hydroxyl groups is 1. The van der Waals surface area contributed by atoms with Crippen molar-refractivity contribution < 1.29 is 18.3 Å². The van der Waals surface area contributed by atoms with Crippen LogP contribution < -0.4 is 0 Å². The van der Waals surface area contributed by atoms with E-state index in [1.54, 1.807) is 12.3 Å². The highest BCUT2D eigenvalue weighted by Gasteiger charge is 2.39. The van der Waals surface area contributed by atoms with Gasteiger partial charge in [-0.05, 0) is 29.1 Å². The van der Waals surface area contributed by atoms with Crippen LogP contribution in [0.4, 0.5) is 13.2 Å². The molecule has 80 valence electrons. The molecule has 0 fully saturated rings. The van der Waals surface area contributed by atoms with E-state index in [0.29, 0.717) is 5.39 Å². The summed E-state index contributed by atoms with van der Waals surface area (Å²) in [5.41, 5.74) is 0.600. The van der Waals surface area contributed by atoms with Crippen LogP contribution in [0.3, 0.4) is 0 Å². The van der Waals surface area contributed by atoms with Gasteiger partial charge in [0.2, 0.25) is 0 Å². The van der Waals surface area contributed by atoms with Gasteiger partial charge in [0.1, 0.15) is 0 Å². The molecule has 0 saturated carbocycles. The number of fused-ring (bicyclic) bond motifs is 1. The lowest BCUT2D eigenvalue weighted by atomic mass is 10.1. The summed E-state index contributed by atoms with van der Waals surface area (Å²) < 4.78 is 36.6. The number of hydrogen-bond acceptors (Lipinski definition) is 1. The molecule has 0 amide bonds. The Morgan fingerprint density at radius 3 is 2.60 bits per heavy atom. The van der Waals surface area contributed by atoms with Crippen molar-refractivity contribution in [3.05, 3.63) is 36.0 Å². The van der Waals surface area contributed by atoms with E-state index in [1.807, 2.05) is 0 Å². The first kappa shape index (κ1) is 10.0. The molecule has 1 aromatic carbocycles. The maximum Gasteiger partial charge on any atom is 0.418 e. The maximum atomic E-state index is 12.2. The Morgan fingerprint density at radius 2 is 1.93 bits per heavy atom. The molecule has 15 heavy (non-hydrogen) atoms. The SMILES string of the molecule is O[C@H](c1ccc2[nH]ccc2c1)C(F)(F)F. The summed E-state index contributed by atoms with van der Waals surface area (Å²) in [6.07, 6.45) is -5.41. The second-order valence-electron chi connectivity index (χ2n) is 3.27. The minimum absolute atomic E-state index is 0.144. The number of alkyl halides is 3. The average molecular weight is 215 g/mol. The number of halogens is 3. The van der Waals surface area contributed by atoms with Crippen LogP contribution in [0.25, 0.3) is 10.9 Å². The van der Waals surface area contributed by atoms with E-state index >= 15 is 0 Å². The normalized spacial score (nSPS) is 14.4. The lowest BCUT2D eigenvalue weighted by Crippen LogP contribution is -2.19. The maximum absolute atomic E-state index is 12.2. The zero-order valence-electron chi connectivity index (χ0n) is 7.55. The molecule has 1 heterocycles. The quantitative estimate of drug-likeness (QED) is 0.753. The van der Waals surface area contributed by atoms with Gasteiger partial charge in [-0.2, -0.15) is 13.2 Å². The lowest BCUT2D eigenvalue weighted by Gasteiger charge is -2.14. The predicted octanol–water partition coefficient (Wildman–Crippen LogP) is 2.76. The predicted molar refractivity (Wildman–Crippen MR) is 49.3 cm³/mol. The Kier molecular flexibility index (Phi) is 2.19. The molecule has 0 bridgehead atoms. The minimum Gasteiger partial charge on any atom is -0.379 e. The summed E-state index contributed by atoms with van der Waals surface area (Å²) in [4.78, 5) is 2.86. The summed E-state index contributed by atoms with van der Waals surface area (Å²) >= 11 is 0. The van der Waals surface area contributed by atoms with Crippen molar-refractivity contribution in [1.82, 2.24) is 4.98 Å². The van der Waals surface area contributed by atoms with Gasteiger partial charge in [0.05, 0.1) is 0 Å². The molecule has 0 aliphatic carbocycles. The van der Waals surface area contributed by atoms with Crippen LogP contribution >= 0.6 is 0 Å². The van der Waals surface area contributed by atoms with Crippen LogP contribution in [0.2, 0.25) is 0 Å². The molecule has 2 rings (SSSR count). The molecule has 2 N–H and O–H groups in total. The third kappa shape index (κ3) is 1.83. The Morgan fingerprint density at radius 1 is 1.20 bits per heavy atom. The fourth-order valence-corrected chi connectivity index (χ4v) is 1.43. The third-order valence-corrected chi connectivity index (χ3v) is 2.20. The molecular weight excluding hydrogens is 207 g/mol. The van der Waals surface area contributed by atoms with Gasteiger partial charge in [-0.25, -0.2) is 0 Å². The molecule has 0 aliphatic rings. The van der Waals surface area contributed by atoms with Crippen molar-refractivity contribution in [2.75, 3.05) is 0 Å². The average Bonchev–Trinajstić information content (AvgIpc) is 2.61. The molecular formula is C10H8F3NO. The fraction of sp³-hybridized carbons (Fsp3) is 0.200. The van der Waals surface area contributed by atoms with E-state index in [9.17, 15) is 13.2 Å². The minimum atomic E-state index is -4.62. The smallest absolute Gasteiger partial charge is 0.379 e. The number of benzene rings is 1. The topological polar surface area (TPSA) is 36.0 Å². The van der Waals surface area contributed by atoms with Gasteiger partial charge < -0.3 is 10.1 Å². The summed E-state index contributed by atoms with van der Waals surface area (Å²) in [7, 11) is 0. The fourth-order valence-electron chi connectivity index (χ4n) is 1.43. The van der Waals surface area contributed by atoms with Gasteiger partial charge in [-0.15, -0.1) is 0 Å². The van der Waals surface area contributed by atoms with Gasteiger partial charge in [0.15, 0.2) is 6.10 Å². The highest BCUT2D eigenvalue weighted by molar-refractivity contribution is 5.80. The van der Waals surface area contributed by atoms with Gasteiger partial charge in [-0.1, -0.05) is 6.07 Å². The largest absolute Gasteiger partial charge is 0.418 e. The van der Waals surface area contributed by atoms with Crippen molar-refractivity contribution >= 4 is 10.9 Å². The number of aromatic nitrogens is 1. The third-order valence-electron chi connectivity index (χ3n) is 2.20. The van der Waals surface area contributed by atoms with Crippen LogP contribution in [0.5, 0.6) is 0 Å². The molecule has 0 saturated heterocycles. The zero-order chi connectivity index (χ0) is 11.1. The molecule has 5 heteroatoms. The lowest BCUT2D eigenvalue weighted by molar-refractivity contribution is -0.206. The molecule has 1 aromatic heterocycles. The molecule has 0 unspecified atom stereocenters. The highest BCUT2D eigenvalue weighted by atomic mass is 19.4. The van der Waals surface area contributed by atoms with Crippen LogP contribution in [-0.2, 0) is 0 Å². The summed E-state index contributed by atoms with van der Waals surface area (Å²) in [5, 5.41) is 9.67. The van der Waals surface area contributed by atoms with Crippen LogP contribution in [0.1, 0.15) is 11.7 Å². The number of hydrogen-bond donors (Lipinski definition) is 2. The Balaban J connectivity index is 2.44. The second kappa shape index (κ2) is 3.27. The second-order valence-corrected chi connectivity index (χ2v) is 3.27. The van der Waals surface area contributed by atoms with Crippen molar-refractivity contribution in [3.63, 3.8) is 0 Å². The molecule has 2 nitrogen and oxygen atoms in total. The Bertz CT molecular complexity index is 475. The summed E-state index contributed by atoms with van der Waals surface area (Å²) in [6.45, 7) is 0. The van der Waals surface area contributed by atoms with Gasteiger partial charge in [0.25, 0.3) is 0 Å². The van der Waals surface area contributed by atoms with Crippen molar-refractivity contribution in [2.24, 2.45) is 0 Å². The van der Waals surface area contributed by atoms with Crippen LogP contribution in [0.15, 0.2) is 30.5 Å². The number of rotatable bonds is 1. The van der Waals surface area contributed by atoms with E-state index in [1.165, 1.54) is 18.2 Å². The van der Waals surface area contributed by atoms with Gasteiger partial charge in [0, 0.05) is 11.7 Å². The molecule has 2 aromatic rings. The number of aliphatic hydroxyl groups excluding tert-OH is 1. The first-order valence-corrected chi connectivity index (χ1v) is 4.30. The van der Waals surface area contributed by atoms with E-state index in [2.05, 4.69) is 4.98 Å². The van der Waals surface area contributed by atoms with E-state index in [0.717, 1.165) is 5.52 Å². The summed E-state index contributed by atoms with van der Waals surface area (Å²) in [5.74, 6) is 0. The monoisotopic (exact) mass is 215 g/mol. The van der Waals surface area contributed by atoms with Crippen LogP contribution in [0, 0.1) is 0 Å². The zero-order valence-corrected chi connectivity index (χ0v) is 7.55. The number of nitrogens with one attached hydrogen (secondary N) is 1. The van der Waals surface area contributed by atoms with Crippen molar-refractivity contribution in [3.8, 4) is 0 Å². The van der Waals surface area contributed by atoms with Crippen molar-refractivity contribution in [2.45, 2.75) is 12.3 Å². The molecule has 1 atom stereocenters. The van der Waals surface area contributed by atoms with E-state index < -0.39 is 12.3 Å². The van der Waals surface area contributed by atoms with Gasteiger partial charge >= 0.3 is 6.18 Å². The first-order chi connectivity index (χ1) is 6.98. The first-order valence-electron chi connectivity index (χ1n) is 4.30. The Hall–Kier alpha value is -1.49. The van der Waals surface area contributed by atoms with E-state index in [-0.39, 0.29) is 5.56 Å². The van der Waals surface area contributed by atoms with Crippen molar-refractivity contribution in [1.29, 1.82) is 0 Å². The molecule has 0 aliphatic heterocycles. The number of H-pyrrole nitrogens is 1. The number of aromatic amines is 1. The Labute approximate surface area is 83.3 Å². The van der Waals surface area contributed by atoms with E-state index in [4.69, 9.17) is 5.11 Å². The van der Waals surface area contributed by atoms with Gasteiger partial charge in [-0.3, -0.25) is 0 Å². The highest BCUT2D eigenvalue weighted by Crippen LogP contribution is 2.33. The van der Waals surface area contributed by atoms with Crippen LogP contribution in [-0.4, -0.2) is 16.3 Å². The standard InChI is InChI=1S/C10H8F3NO/c11-10(12,13)9(15)7-1-2-8-6(5-7)3-4-14-8/h1-5,9,14-15H/t9-/m1/s1. The summed E-state index contributed by atoms with van der Waals surface area (Å²) in [6, 6.07) is 5.75.